The van der Waals surface area contributed by atoms with Gasteiger partial charge in [-0.2, -0.15) is 0 Å². The van der Waals surface area contributed by atoms with Crippen LogP contribution in [0, 0.1) is 18.8 Å². The monoisotopic (exact) mass is 283 g/mol. The summed E-state index contributed by atoms with van der Waals surface area (Å²) in [7, 11) is 0. The van der Waals surface area contributed by atoms with Crippen LogP contribution in [-0.4, -0.2) is 27.6 Å². The first-order valence-corrected chi connectivity index (χ1v) is 6.62. The summed E-state index contributed by atoms with van der Waals surface area (Å²) in [6, 6.07) is 5.19. The third kappa shape index (κ3) is 3.71. The van der Waals surface area contributed by atoms with Gasteiger partial charge in [0.05, 0.1) is 11.6 Å². The predicted octanol–water partition coefficient (Wildman–Crippen LogP) is 1.55. The summed E-state index contributed by atoms with van der Waals surface area (Å²) in [5.41, 5.74) is 2.10. The molecule has 0 bridgehead atoms. The maximum absolute atomic E-state index is 12.4. The van der Waals surface area contributed by atoms with Crippen molar-refractivity contribution in [3.05, 3.63) is 53.1 Å². The van der Waals surface area contributed by atoms with Gasteiger partial charge in [-0.15, -0.1) is 0 Å². The van der Waals surface area contributed by atoms with Gasteiger partial charge in [0, 0.05) is 18.0 Å². The Hall–Kier alpha value is -2.58. The molecule has 5 heteroatoms. The van der Waals surface area contributed by atoms with Crippen molar-refractivity contribution in [3.8, 4) is 11.8 Å². The number of amides is 1. The van der Waals surface area contributed by atoms with Crippen LogP contribution in [0.5, 0.6) is 0 Å². The molecule has 0 saturated carbocycles. The third-order valence-electron chi connectivity index (χ3n) is 3.00. The number of H-pyrrole nitrogens is 1. The number of aromatic amines is 1. The Balaban J connectivity index is 2.22. The number of carbonyl (C=O) groups is 1. The maximum Gasteiger partial charge on any atom is 0.253 e. The average Bonchev–Trinajstić information content (AvgIpc) is 2.99. The number of rotatable bonds is 3. The fourth-order valence-corrected chi connectivity index (χ4v) is 1.95. The average molecular weight is 283 g/mol. The highest BCUT2D eigenvalue weighted by Gasteiger charge is 2.15. The summed E-state index contributed by atoms with van der Waals surface area (Å²) in [5, 5.41) is 11.7. The highest BCUT2D eigenvalue weighted by Crippen LogP contribution is 2.13. The molecule has 0 fully saturated rings. The topological polar surface area (TPSA) is 78.0 Å². The number of imidazole rings is 1. The van der Waals surface area contributed by atoms with E-state index in [1.807, 2.05) is 26.0 Å². The van der Waals surface area contributed by atoms with E-state index in [1.165, 1.54) is 0 Å². The smallest absolute Gasteiger partial charge is 0.253 e. The largest absolute Gasteiger partial charge is 0.384 e. The van der Waals surface area contributed by atoms with Crippen LogP contribution < -0.4 is 5.32 Å². The summed E-state index contributed by atoms with van der Waals surface area (Å²) in [6.07, 6.45) is 3.35. The van der Waals surface area contributed by atoms with Crippen LogP contribution in [0.1, 0.15) is 40.3 Å². The van der Waals surface area contributed by atoms with E-state index in [2.05, 4.69) is 27.1 Å². The lowest BCUT2D eigenvalue weighted by Gasteiger charge is -2.12. The van der Waals surface area contributed by atoms with Gasteiger partial charge in [0.25, 0.3) is 5.91 Å². The maximum atomic E-state index is 12.4. The molecule has 2 aromatic rings. The minimum atomic E-state index is -0.238. The van der Waals surface area contributed by atoms with Gasteiger partial charge in [-0.3, -0.25) is 4.79 Å². The molecule has 0 aliphatic heterocycles. The van der Waals surface area contributed by atoms with Crippen LogP contribution in [0.4, 0.5) is 0 Å². The van der Waals surface area contributed by atoms with Gasteiger partial charge in [0.1, 0.15) is 12.4 Å². The van der Waals surface area contributed by atoms with Crippen molar-refractivity contribution in [2.75, 3.05) is 6.61 Å². The molecule has 5 nitrogen and oxygen atoms in total. The molecule has 1 aromatic carbocycles. The van der Waals surface area contributed by atoms with Gasteiger partial charge >= 0.3 is 0 Å². The molecule has 1 heterocycles. The van der Waals surface area contributed by atoms with Gasteiger partial charge in [0.15, 0.2) is 0 Å². The zero-order chi connectivity index (χ0) is 15.2. The molecule has 0 aliphatic rings. The number of nitrogens with zero attached hydrogens (tertiary/aromatic N) is 1. The molecule has 0 saturated heterocycles. The fraction of sp³-hybridized carbons (Fsp3) is 0.250. The molecular weight excluding hydrogens is 266 g/mol. The van der Waals surface area contributed by atoms with Crippen LogP contribution in [0.15, 0.2) is 30.6 Å². The van der Waals surface area contributed by atoms with Crippen LogP contribution in [0.25, 0.3) is 0 Å². The number of hydrogen-bond donors (Lipinski definition) is 3. The molecule has 0 aliphatic carbocycles. The number of nitrogens with one attached hydrogen (secondary N) is 2. The van der Waals surface area contributed by atoms with Crippen molar-refractivity contribution in [2.45, 2.75) is 19.9 Å². The highest BCUT2D eigenvalue weighted by molar-refractivity contribution is 5.97. The Morgan fingerprint density at radius 1 is 1.52 bits per heavy atom. The molecule has 1 aromatic heterocycles. The number of carbonyl (C=O) groups excluding carboxylic acids is 1. The van der Waals surface area contributed by atoms with E-state index in [1.54, 1.807) is 18.5 Å². The molecule has 1 unspecified atom stereocenters. The Labute approximate surface area is 123 Å². The lowest BCUT2D eigenvalue weighted by molar-refractivity contribution is 0.0938. The Morgan fingerprint density at radius 3 is 3.00 bits per heavy atom. The lowest BCUT2D eigenvalue weighted by atomic mass is 10.0. The SMILES string of the molecule is Cc1ccc(C(=O)NC(C)c2ncc[nH]2)c(C#CCO)c1. The summed E-state index contributed by atoms with van der Waals surface area (Å²) in [6.45, 7) is 3.54. The van der Waals surface area contributed by atoms with E-state index in [9.17, 15) is 4.79 Å². The quantitative estimate of drug-likeness (QED) is 0.748. The minimum absolute atomic E-state index is 0.221. The zero-order valence-corrected chi connectivity index (χ0v) is 12.0. The zero-order valence-electron chi connectivity index (χ0n) is 12.0. The molecule has 2 rings (SSSR count). The predicted molar refractivity (Wildman–Crippen MR) is 79.6 cm³/mol. The highest BCUT2D eigenvalue weighted by atomic mass is 16.2. The summed E-state index contributed by atoms with van der Waals surface area (Å²) < 4.78 is 0. The van der Waals surface area contributed by atoms with Crippen LogP contribution in [-0.2, 0) is 0 Å². The van der Waals surface area contributed by atoms with Gasteiger partial charge in [-0.05, 0) is 31.5 Å². The molecule has 21 heavy (non-hydrogen) atoms. The van der Waals surface area contributed by atoms with Crippen molar-refractivity contribution in [1.29, 1.82) is 0 Å². The molecule has 0 spiro atoms. The molecule has 1 atom stereocenters. The molecule has 0 radical (unpaired) electrons. The number of aryl methyl sites for hydroxylation is 1. The first-order chi connectivity index (χ1) is 10.1. The molecule has 3 N–H and O–H groups in total. The Kier molecular flexibility index (Phi) is 4.75. The molecule has 1 amide bonds. The van der Waals surface area contributed by atoms with Crippen LogP contribution in [0.2, 0.25) is 0 Å². The van der Waals surface area contributed by atoms with E-state index in [4.69, 9.17) is 5.11 Å². The summed E-state index contributed by atoms with van der Waals surface area (Å²) in [4.78, 5) is 19.4. The van der Waals surface area contributed by atoms with E-state index >= 15 is 0 Å². The van der Waals surface area contributed by atoms with E-state index < -0.39 is 0 Å². The van der Waals surface area contributed by atoms with Crippen LogP contribution in [0.3, 0.4) is 0 Å². The van der Waals surface area contributed by atoms with Gasteiger partial charge in [-0.25, -0.2) is 4.98 Å². The van der Waals surface area contributed by atoms with Gasteiger partial charge in [-0.1, -0.05) is 17.9 Å². The van der Waals surface area contributed by atoms with E-state index in [0.29, 0.717) is 17.0 Å². The normalized spacial score (nSPS) is 11.4. The van der Waals surface area contributed by atoms with Gasteiger partial charge in [0.2, 0.25) is 0 Å². The number of aliphatic hydroxyl groups excluding tert-OH is 1. The summed E-state index contributed by atoms with van der Waals surface area (Å²) in [5.74, 6) is 5.86. The van der Waals surface area contributed by atoms with E-state index in [-0.39, 0.29) is 18.6 Å². The van der Waals surface area contributed by atoms with Crippen molar-refractivity contribution in [1.82, 2.24) is 15.3 Å². The number of benzene rings is 1. The Bertz CT molecular complexity index is 681. The number of aliphatic hydroxyl groups is 1. The number of aromatic nitrogens is 2. The molecule has 108 valence electrons. The standard InChI is InChI=1S/C16H17N3O2/c1-11-5-6-14(13(10-11)4-3-9-20)16(21)19-12(2)15-17-7-8-18-15/h5-8,10,12,20H,9H2,1-2H3,(H,17,18)(H,19,21). The second kappa shape index (κ2) is 6.73. The Morgan fingerprint density at radius 2 is 2.33 bits per heavy atom. The van der Waals surface area contributed by atoms with Crippen molar-refractivity contribution in [2.24, 2.45) is 0 Å². The fourth-order valence-electron chi connectivity index (χ4n) is 1.95. The first kappa shape index (κ1) is 14.8. The first-order valence-electron chi connectivity index (χ1n) is 6.62. The van der Waals surface area contributed by atoms with E-state index in [0.717, 1.165) is 5.56 Å². The van der Waals surface area contributed by atoms with Crippen molar-refractivity contribution >= 4 is 5.91 Å². The summed E-state index contributed by atoms with van der Waals surface area (Å²) >= 11 is 0. The lowest BCUT2D eigenvalue weighted by Crippen LogP contribution is -2.28. The minimum Gasteiger partial charge on any atom is -0.384 e. The van der Waals surface area contributed by atoms with Crippen LogP contribution >= 0.6 is 0 Å². The number of hydrogen-bond acceptors (Lipinski definition) is 3. The van der Waals surface area contributed by atoms with Crippen molar-refractivity contribution < 1.29 is 9.90 Å². The third-order valence-corrected chi connectivity index (χ3v) is 3.00. The van der Waals surface area contributed by atoms with Gasteiger partial charge < -0.3 is 15.4 Å². The second-order valence-corrected chi connectivity index (χ2v) is 4.68. The second-order valence-electron chi connectivity index (χ2n) is 4.68. The van der Waals surface area contributed by atoms with Crippen molar-refractivity contribution in [3.63, 3.8) is 0 Å². The molecular formula is C16H17N3O2.